The van der Waals surface area contributed by atoms with Gasteiger partial charge in [-0.2, -0.15) is 4.57 Å². The first-order chi connectivity index (χ1) is 12.3. The van der Waals surface area contributed by atoms with Crippen LogP contribution in [-0.4, -0.2) is 0 Å². The van der Waals surface area contributed by atoms with Crippen molar-refractivity contribution < 1.29 is 9.67 Å². The molecular weight excluding hydrogens is 306 g/mol. The fourth-order valence-corrected chi connectivity index (χ4v) is 1.92. The summed E-state index contributed by atoms with van der Waals surface area (Å²) in [6.07, 6.45) is 27.6. The molecule has 0 N–H and O–H groups in total. The van der Waals surface area contributed by atoms with Gasteiger partial charge in [-0.15, -0.1) is 5.75 Å². The summed E-state index contributed by atoms with van der Waals surface area (Å²) in [5.74, 6) is 0.0331. The maximum Gasteiger partial charge on any atom is 0.174 e. The number of nitrogens with zero attached hydrogens (tertiary/aromatic N) is 1. The number of allylic oxidation sites excluding steroid dienone is 10. The van der Waals surface area contributed by atoms with Gasteiger partial charge in [-0.05, 0) is 5.56 Å². The standard InChI is InChI=1S/C23H21NO/c25-23-17-15-22(16-18-23)14-10-7-5-3-1-2-4-6-8-11-19-24-20-12-9-13-21-24/h1-21H/b3-1+,4-2+,7-5+,8-6+,14-10+,19-11+. The zero-order valence-corrected chi connectivity index (χ0v) is 14.0. The van der Waals surface area contributed by atoms with Crippen LogP contribution in [-0.2, 0) is 0 Å². The fourth-order valence-electron chi connectivity index (χ4n) is 1.92. The SMILES string of the molecule is [O-]c1ccc(/C=C/C=C/C=C/C=C/C=C/C=C/[n+]2ccccc2)cc1. The van der Waals surface area contributed by atoms with Crippen LogP contribution >= 0.6 is 0 Å². The van der Waals surface area contributed by atoms with Gasteiger partial charge >= 0.3 is 0 Å². The monoisotopic (exact) mass is 327 g/mol. The first-order valence-corrected chi connectivity index (χ1v) is 8.09. The Morgan fingerprint density at radius 3 is 1.72 bits per heavy atom. The molecule has 2 rings (SSSR count). The smallest absolute Gasteiger partial charge is 0.174 e. The van der Waals surface area contributed by atoms with Gasteiger partial charge in [-0.3, -0.25) is 0 Å². The first-order valence-electron chi connectivity index (χ1n) is 8.09. The fraction of sp³-hybridized carbons (Fsp3) is 0. The van der Waals surface area contributed by atoms with Crippen LogP contribution in [0.5, 0.6) is 5.75 Å². The molecule has 124 valence electrons. The van der Waals surface area contributed by atoms with Gasteiger partial charge in [0.1, 0.15) is 0 Å². The molecule has 0 aliphatic rings. The normalized spacial score (nSPS) is 12.8. The van der Waals surface area contributed by atoms with Gasteiger partial charge in [-0.25, -0.2) is 0 Å². The van der Waals surface area contributed by atoms with Crippen molar-refractivity contribution in [1.29, 1.82) is 0 Å². The van der Waals surface area contributed by atoms with E-state index in [0.29, 0.717) is 0 Å². The average Bonchev–Trinajstić information content (AvgIpc) is 2.65. The molecule has 0 saturated heterocycles. The van der Waals surface area contributed by atoms with Gasteiger partial charge in [0.2, 0.25) is 0 Å². The molecule has 2 nitrogen and oxygen atoms in total. The Morgan fingerprint density at radius 2 is 1.12 bits per heavy atom. The van der Waals surface area contributed by atoms with Crippen molar-refractivity contribution in [3.05, 3.63) is 121 Å². The van der Waals surface area contributed by atoms with E-state index < -0.39 is 0 Å². The highest BCUT2D eigenvalue weighted by Gasteiger charge is 1.86. The minimum Gasteiger partial charge on any atom is -0.872 e. The molecule has 0 amide bonds. The second kappa shape index (κ2) is 11.2. The zero-order valence-electron chi connectivity index (χ0n) is 14.0. The van der Waals surface area contributed by atoms with Crippen molar-refractivity contribution >= 4 is 12.3 Å². The van der Waals surface area contributed by atoms with E-state index in [2.05, 4.69) is 0 Å². The zero-order chi connectivity index (χ0) is 17.6. The summed E-state index contributed by atoms with van der Waals surface area (Å²) in [4.78, 5) is 0. The van der Waals surface area contributed by atoms with Gasteiger partial charge in [0.25, 0.3) is 0 Å². The molecule has 1 aromatic carbocycles. The van der Waals surface area contributed by atoms with Crippen LogP contribution in [0.3, 0.4) is 0 Å². The minimum atomic E-state index is 0.0331. The summed E-state index contributed by atoms with van der Waals surface area (Å²) < 4.78 is 1.99. The number of rotatable bonds is 7. The van der Waals surface area contributed by atoms with E-state index in [1.54, 1.807) is 12.1 Å². The third-order valence-electron chi connectivity index (χ3n) is 3.17. The highest BCUT2D eigenvalue weighted by Crippen LogP contribution is 2.08. The Kier molecular flexibility index (Phi) is 8.04. The number of hydrogen-bond acceptors (Lipinski definition) is 1. The lowest BCUT2D eigenvalue weighted by Crippen LogP contribution is -2.23. The Hall–Kier alpha value is -3.39. The van der Waals surface area contributed by atoms with Gasteiger partial charge in [0, 0.05) is 18.2 Å². The van der Waals surface area contributed by atoms with Gasteiger partial charge in [0.15, 0.2) is 18.6 Å². The first kappa shape index (κ1) is 18.0. The highest BCUT2D eigenvalue weighted by molar-refractivity contribution is 5.52. The summed E-state index contributed by atoms with van der Waals surface area (Å²) in [5, 5.41) is 11.0. The van der Waals surface area contributed by atoms with E-state index in [1.165, 1.54) is 0 Å². The molecular formula is C23H21NO. The van der Waals surface area contributed by atoms with Crippen LogP contribution < -0.4 is 9.67 Å². The number of aromatic nitrogens is 1. The van der Waals surface area contributed by atoms with Crippen LogP contribution in [0.25, 0.3) is 12.3 Å². The molecule has 0 radical (unpaired) electrons. The Labute approximate surface area is 149 Å². The van der Waals surface area contributed by atoms with Crippen molar-refractivity contribution in [2.75, 3.05) is 0 Å². The molecule has 0 aliphatic carbocycles. The topological polar surface area (TPSA) is 26.9 Å². The lowest BCUT2D eigenvalue weighted by Gasteiger charge is -2.02. The van der Waals surface area contributed by atoms with E-state index in [1.807, 2.05) is 120 Å². The quantitative estimate of drug-likeness (QED) is 0.545. The van der Waals surface area contributed by atoms with Gasteiger partial charge in [-0.1, -0.05) is 91.1 Å². The molecule has 1 aromatic heterocycles. The predicted molar refractivity (Wildman–Crippen MR) is 103 cm³/mol. The number of benzene rings is 1. The van der Waals surface area contributed by atoms with Crippen molar-refractivity contribution in [3.8, 4) is 5.75 Å². The van der Waals surface area contributed by atoms with Crippen LogP contribution in [0.1, 0.15) is 5.56 Å². The highest BCUT2D eigenvalue weighted by atomic mass is 16.3. The molecule has 2 heteroatoms. The molecule has 0 aliphatic heterocycles. The van der Waals surface area contributed by atoms with E-state index in [-0.39, 0.29) is 5.75 Å². The van der Waals surface area contributed by atoms with Crippen molar-refractivity contribution in [2.24, 2.45) is 0 Å². The molecule has 0 spiro atoms. The molecule has 0 bridgehead atoms. The van der Waals surface area contributed by atoms with Gasteiger partial charge < -0.3 is 5.11 Å². The maximum absolute atomic E-state index is 11.0. The molecule has 2 aromatic rings. The van der Waals surface area contributed by atoms with Gasteiger partial charge in [0.05, 0.1) is 0 Å². The Balaban J connectivity index is 1.68. The van der Waals surface area contributed by atoms with Crippen LogP contribution in [0.4, 0.5) is 0 Å². The third kappa shape index (κ3) is 8.14. The molecule has 0 unspecified atom stereocenters. The largest absolute Gasteiger partial charge is 0.872 e. The molecule has 0 saturated carbocycles. The average molecular weight is 327 g/mol. The summed E-state index contributed by atoms with van der Waals surface area (Å²) in [5.41, 5.74) is 1.01. The molecule has 1 heterocycles. The maximum atomic E-state index is 11.0. The van der Waals surface area contributed by atoms with Crippen molar-refractivity contribution in [2.45, 2.75) is 0 Å². The van der Waals surface area contributed by atoms with Crippen LogP contribution in [0.2, 0.25) is 0 Å². The molecule has 25 heavy (non-hydrogen) atoms. The van der Waals surface area contributed by atoms with E-state index in [4.69, 9.17) is 0 Å². The van der Waals surface area contributed by atoms with Crippen molar-refractivity contribution in [1.82, 2.24) is 0 Å². The number of pyridine rings is 1. The van der Waals surface area contributed by atoms with E-state index >= 15 is 0 Å². The van der Waals surface area contributed by atoms with E-state index in [9.17, 15) is 5.11 Å². The van der Waals surface area contributed by atoms with E-state index in [0.717, 1.165) is 5.56 Å². The lowest BCUT2D eigenvalue weighted by atomic mass is 10.2. The Bertz CT molecular complexity index is 792. The van der Waals surface area contributed by atoms with Crippen LogP contribution in [0, 0.1) is 0 Å². The number of hydrogen-bond donors (Lipinski definition) is 0. The second-order valence-corrected chi connectivity index (χ2v) is 5.13. The second-order valence-electron chi connectivity index (χ2n) is 5.13. The lowest BCUT2D eigenvalue weighted by molar-refractivity contribution is -0.568. The summed E-state index contributed by atoms with van der Waals surface area (Å²) >= 11 is 0. The third-order valence-corrected chi connectivity index (χ3v) is 3.17. The summed E-state index contributed by atoms with van der Waals surface area (Å²) in [7, 11) is 0. The Morgan fingerprint density at radius 1 is 0.600 bits per heavy atom. The minimum absolute atomic E-state index is 0.0331. The predicted octanol–water partition coefficient (Wildman–Crippen LogP) is 4.46. The molecule has 0 atom stereocenters. The van der Waals surface area contributed by atoms with Crippen LogP contribution in [0.15, 0.2) is 116 Å². The van der Waals surface area contributed by atoms with Crippen molar-refractivity contribution in [3.63, 3.8) is 0 Å². The molecule has 0 fully saturated rings. The summed E-state index contributed by atoms with van der Waals surface area (Å²) in [6, 6.07) is 12.7. The summed E-state index contributed by atoms with van der Waals surface area (Å²) in [6.45, 7) is 0.